The van der Waals surface area contributed by atoms with Crippen LogP contribution in [0.15, 0.2) is 35.7 Å². The lowest BCUT2D eigenvalue weighted by Gasteiger charge is -2.22. The summed E-state index contributed by atoms with van der Waals surface area (Å²) in [7, 11) is 0. The van der Waals surface area contributed by atoms with Crippen LogP contribution >= 0.6 is 11.3 Å². The third kappa shape index (κ3) is 3.46. The van der Waals surface area contributed by atoms with Gasteiger partial charge in [-0.25, -0.2) is 8.78 Å². The molecule has 1 aliphatic heterocycles. The Labute approximate surface area is 142 Å². The van der Waals surface area contributed by atoms with Crippen LogP contribution < -0.4 is 0 Å². The van der Waals surface area contributed by atoms with Crippen molar-refractivity contribution in [3.8, 4) is 0 Å². The monoisotopic (exact) mass is 350 g/mol. The Kier molecular flexibility index (Phi) is 4.89. The minimum Gasteiger partial charge on any atom is -0.337 e. The summed E-state index contributed by atoms with van der Waals surface area (Å²) in [5.74, 6) is -2.10. The molecule has 7 heteroatoms. The molecule has 1 saturated heterocycles. The van der Waals surface area contributed by atoms with Crippen molar-refractivity contribution in [2.75, 3.05) is 26.2 Å². The van der Waals surface area contributed by atoms with Crippen LogP contribution in [0.25, 0.3) is 0 Å². The van der Waals surface area contributed by atoms with Gasteiger partial charge in [0.05, 0.1) is 10.4 Å². The molecule has 1 aromatic heterocycles. The van der Waals surface area contributed by atoms with E-state index in [4.69, 9.17) is 0 Å². The molecule has 0 atom stereocenters. The maximum absolute atomic E-state index is 13.8. The molecule has 2 amide bonds. The summed E-state index contributed by atoms with van der Waals surface area (Å²) < 4.78 is 26.8. The van der Waals surface area contributed by atoms with Gasteiger partial charge in [-0.3, -0.25) is 9.59 Å². The number of nitrogens with zero attached hydrogens (tertiary/aromatic N) is 2. The largest absolute Gasteiger partial charge is 0.337 e. The normalized spacial score (nSPS) is 15.2. The molecule has 1 fully saturated rings. The van der Waals surface area contributed by atoms with E-state index in [1.165, 1.54) is 16.2 Å². The van der Waals surface area contributed by atoms with Gasteiger partial charge < -0.3 is 9.80 Å². The fourth-order valence-corrected chi connectivity index (χ4v) is 3.40. The summed E-state index contributed by atoms with van der Waals surface area (Å²) >= 11 is 1.38. The van der Waals surface area contributed by atoms with Crippen LogP contribution in [0.1, 0.15) is 26.5 Å². The lowest BCUT2D eigenvalue weighted by Crippen LogP contribution is -2.37. The first-order valence-corrected chi connectivity index (χ1v) is 8.51. The summed E-state index contributed by atoms with van der Waals surface area (Å²) in [5, 5.41) is 1.85. The first kappa shape index (κ1) is 16.6. The van der Waals surface area contributed by atoms with Crippen molar-refractivity contribution in [3.63, 3.8) is 0 Å². The zero-order chi connectivity index (χ0) is 17.1. The number of amides is 2. The third-order valence-corrected chi connectivity index (χ3v) is 4.82. The number of halogens is 2. The van der Waals surface area contributed by atoms with Crippen molar-refractivity contribution in [2.24, 2.45) is 0 Å². The molecule has 2 heterocycles. The predicted octanol–water partition coefficient (Wildman–Crippen LogP) is 3.01. The Morgan fingerprint density at radius 1 is 0.958 bits per heavy atom. The van der Waals surface area contributed by atoms with Crippen LogP contribution in [0.3, 0.4) is 0 Å². The van der Waals surface area contributed by atoms with E-state index in [0.29, 0.717) is 43.5 Å². The fraction of sp³-hybridized carbons (Fsp3) is 0.294. The molecule has 0 aliphatic carbocycles. The molecular formula is C17H16F2N2O2S. The molecule has 0 unspecified atom stereocenters. The van der Waals surface area contributed by atoms with Crippen molar-refractivity contribution in [2.45, 2.75) is 6.42 Å². The van der Waals surface area contributed by atoms with Crippen LogP contribution in [-0.2, 0) is 0 Å². The molecule has 0 saturated carbocycles. The standard InChI is InChI=1S/C17H16F2N2O2S/c18-12-4-5-13(14(19)11-12)16(22)20-6-2-7-21(9-8-20)17(23)15-3-1-10-24-15/h1,3-5,10-11H,2,6-9H2. The van der Waals surface area contributed by atoms with E-state index in [1.54, 1.807) is 11.0 Å². The number of benzene rings is 1. The lowest BCUT2D eigenvalue weighted by atomic mass is 10.1. The number of carbonyl (C=O) groups is 2. The molecule has 0 N–H and O–H groups in total. The average Bonchev–Trinajstić information content (AvgIpc) is 2.98. The highest BCUT2D eigenvalue weighted by atomic mass is 32.1. The molecule has 3 rings (SSSR count). The summed E-state index contributed by atoms with van der Waals surface area (Å²) in [4.78, 5) is 28.7. The molecule has 2 aromatic rings. The van der Waals surface area contributed by atoms with Crippen LogP contribution in [0, 0.1) is 11.6 Å². The molecule has 1 aliphatic rings. The van der Waals surface area contributed by atoms with E-state index >= 15 is 0 Å². The second-order valence-electron chi connectivity index (χ2n) is 5.54. The van der Waals surface area contributed by atoms with E-state index in [0.717, 1.165) is 12.1 Å². The quantitative estimate of drug-likeness (QED) is 0.835. The molecular weight excluding hydrogens is 334 g/mol. The van der Waals surface area contributed by atoms with Gasteiger partial charge in [0.25, 0.3) is 11.8 Å². The van der Waals surface area contributed by atoms with E-state index in [9.17, 15) is 18.4 Å². The number of carbonyl (C=O) groups excluding carboxylic acids is 2. The molecule has 1 aromatic carbocycles. The Hall–Kier alpha value is -2.28. The van der Waals surface area contributed by atoms with Gasteiger partial charge in [0, 0.05) is 32.2 Å². The van der Waals surface area contributed by atoms with Crippen molar-refractivity contribution in [1.29, 1.82) is 0 Å². The third-order valence-electron chi connectivity index (χ3n) is 3.96. The van der Waals surface area contributed by atoms with Gasteiger partial charge in [0.2, 0.25) is 0 Å². The first-order chi connectivity index (χ1) is 11.6. The van der Waals surface area contributed by atoms with E-state index < -0.39 is 17.5 Å². The van der Waals surface area contributed by atoms with E-state index in [2.05, 4.69) is 0 Å². The SMILES string of the molecule is O=C(c1cccs1)N1CCCN(C(=O)c2ccc(F)cc2F)CC1. The minimum absolute atomic E-state index is 0.0488. The van der Waals surface area contributed by atoms with Gasteiger partial charge in [-0.1, -0.05) is 6.07 Å². The predicted molar refractivity (Wildman–Crippen MR) is 87.1 cm³/mol. The number of thiophene rings is 1. The van der Waals surface area contributed by atoms with E-state index in [-0.39, 0.29) is 11.5 Å². The van der Waals surface area contributed by atoms with Crippen molar-refractivity contribution in [1.82, 2.24) is 9.80 Å². The van der Waals surface area contributed by atoms with Crippen LogP contribution in [0.5, 0.6) is 0 Å². The van der Waals surface area contributed by atoms with Gasteiger partial charge in [0.1, 0.15) is 11.6 Å². The van der Waals surface area contributed by atoms with Gasteiger partial charge in [0.15, 0.2) is 0 Å². The first-order valence-electron chi connectivity index (χ1n) is 7.63. The maximum Gasteiger partial charge on any atom is 0.263 e. The summed E-state index contributed by atoms with van der Waals surface area (Å²) in [5.41, 5.74) is -0.144. The number of hydrogen-bond acceptors (Lipinski definition) is 3. The van der Waals surface area contributed by atoms with Crippen LogP contribution in [0.4, 0.5) is 8.78 Å². The van der Waals surface area contributed by atoms with Crippen LogP contribution in [0.2, 0.25) is 0 Å². The smallest absolute Gasteiger partial charge is 0.263 e. The summed E-state index contributed by atoms with van der Waals surface area (Å²) in [6.45, 7) is 1.70. The van der Waals surface area contributed by atoms with Gasteiger partial charge in [-0.2, -0.15) is 0 Å². The number of rotatable bonds is 2. The molecule has 0 bridgehead atoms. The number of hydrogen-bond donors (Lipinski definition) is 0. The fourth-order valence-electron chi connectivity index (χ4n) is 2.71. The summed E-state index contributed by atoms with van der Waals surface area (Å²) in [6.07, 6.45) is 0.617. The molecule has 24 heavy (non-hydrogen) atoms. The second-order valence-corrected chi connectivity index (χ2v) is 6.49. The van der Waals surface area contributed by atoms with Crippen molar-refractivity contribution >= 4 is 23.2 Å². The van der Waals surface area contributed by atoms with Gasteiger partial charge >= 0.3 is 0 Å². The highest BCUT2D eigenvalue weighted by Gasteiger charge is 2.25. The zero-order valence-corrected chi connectivity index (χ0v) is 13.7. The lowest BCUT2D eigenvalue weighted by molar-refractivity contribution is 0.0718. The second kappa shape index (κ2) is 7.09. The highest BCUT2D eigenvalue weighted by molar-refractivity contribution is 7.12. The molecule has 4 nitrogen and oxygen atoms in total. The Morgan fingerprint density at radius 2 is 1.67 bits per heavy atom. The zero-order valence-electron chi connectivity index (χ0n) is 12.9. The van der Waals surface area contributed by atoms with Crippen molar-refractivity contribution in [3.05, 3.63) is 57.8 Å². The molecule has 0 radical (unpaired) electrons. The molecule has 0 spiro atoms. The van der Waals surface area contributed by atoms with Crippen LogP contribution in [-0.4, -0.2) is 47.8 Å². The maximum atomic E-state index is 13.8. The summed E-state index contributed by atoms with van der Waals surface area (Å²) in [6, 6.07) is 6.53. The Bertz CT molecular complexity index is 749. The topological polar surface area (TPSA) is 40.6 Å². The average molecular weight is 350 g/mol. The Morgan fingerprint density at radius 3 is 2.29 bits per heavy atom. The highest BCUT2D eigenvalue weighted by Crippen LogP contribution is 2.17. The van der Waals surface area contributed by atoms with E-state index in [1.807, 2.05) is 11.4 Å². The molecule has 126 valence electrons. The van der Waals surface area contributed by atoms with Gasteiger partial charge in [-0.05, 0) is 30.0 Å². The van der Waals surface area contributed by atoms with Gasteiger partial charge in [-0.15, -0.1) is 11.3 Å². The van der Waals surface area contributed by atoms with Crippen molar-refractivity contribution < 1.29 is 18.4 Å². The minimum atomic E-state index is -0.865. The Balaban J connectivity index is 1.69.